The van der Waals surface area contributed by atoms with Gasteiger partial charge in [-0.15, -0.1) is 0 Å². The Balaban J connectivity index is 2.23. The molecule has 1 aromatic rings. The zero-order chi connectivity index (χ0) is 13.8. The van der Waals surface area contributed by atoms with Crippen LogP contribution in [-0.4, -0.2) is 23.4 Å². The monoisotopic (exact) mass is 260 g/mol. The topological polar surface area (TPSA) is 32.3 Å². The summed E-state index contributed by atoms with van der Waals surface area (Å²) in [5, 5.41) is 3.47. The largest absolute Gasteiger partial charge is 0.322 e. The van der Waals surface area contributed by atoms with E-state index < -0.39 is 0 Å². The molecule has 2 unspecified atom stereocenters. The van der Waals surface area contributed by atoms with Gasteiger partial charge in [-0.2, -0.15) is 0 Å². The zero-order valence-corrected chi connectivity index (χ0v) is 12.1. The molecule has 1 amide bonds. The highest BCUT2D eigenvalue weighted by molar-refractivity contribution is 5.84. The van der Waals surface area contributed by atoms with Crippen molar-refractivity contribution in [3.8, 4) is 0 Å². The lowest BCUT2D eigenvalue weighted by molar-refractivity contribution is -0.130. The molecule has 1 aliphatic rings. The van der Waals surface area contributed by atoms with Gasteiger partial charge in [-0.3, -0.25) is 10.1 Å². The zero-order valence-electron chi connectivity index (χ0n) is 12.1. The lowest BCUT2D eigenvalue weighted by Crippen LogP contribution is -2.31. The van der Waals surface area contributed by atoms with Gasteiger partial charge >= 0.3 is 0 Å². The van der Waals surface area contributed by atoms with Crippen LogP contribution < -0.4 is 5.32 Å². The highest BCUT2D eigenvalue weighted by Gasteiger charge is 2.37. The van der Waals surface area contributed by atoms with Crippen molar-refractivity contribution in [1.82, 2.24) is 10.2 Å². The van der Waals surface area contributed by atoms with E-state index in [2.05, 4.69) is 50.4 Å². The van der Waals surface area contributed by atoms with Crippen LogP contribution in [0.25, 0.3) is 0 Å². The Bertz CT molecular complexity index is 444. The van der Waals surface area contributed by atoms with Crippen LogP contribution in [0.5, 0.6) is 0 Å². The first-order valence-corrected chi connectivity index (χ1v) is 7.30. The Kier molecular flexibility index (Phi) is 4.59. The first kappa shape index (κ1) is 14.1. The minimum atomic E-state index is -0.0256. The Hall–Kier alpha value is -1.35. The minimum absolute atomic E-state index is 0.0256. The quantitative estimate of drug-likeness (QED) is 0.882. The summed E-state index contributed by atoms with van der Waals surface area (Å²) in [6, 6.07) is 8.40. The molecule has 0 aromatic heterocycles. The Labute approximate surface area is 116 Å². The van der Waals surface area contributed by atoms with Crippen LogP contribution >= 0.6 is 0 Å². The van der Waals surface area contributed by atoms with Gasteiger partial charge in [0.2, 0.25) is 5.91 Å². The molecule has 1 aromatic carbocycles. The summed E-state index contributed by atoms with van der Waals surface area (Å²) in [6.07, 6.45) is 3.07. The van der Waals surface area contributed by atoms with Gasteiger partial charge < -0.3 is 4.90 Å². The summed E-state index contributed by atoms with van der Waals surface area (Å²) in [7, 11) is 0. The molecule has 0 saturated carbocycles. The predicted molar refractivity (Wildman–Crippen MR) is 77.8 cm³/mol. The number of benzene rings is 1. The van der Waals surface area contributed by atoms with Gasteiger partial charge in [0, 0.05) is 6.54 Å². The van der Waals surface area contributed by atoms with Gasteiger partial charge in [0.1, 0.15) is 6.17 Å². The standard InChI is InChI=1S/C16H24N2O/c1-4-6-10-18-15(17-14(5-2)16(18)19)13-9-7-8-12(3)11-13/h7-9,11,14-15,17H,4-6,10H2,1-3H3. The van der Waals surface area contributed by atoms with Crippen LogP contribution in [0.1, 0.15) is 50.4 Å². The average Bonchev–Trinajstić information content (AvgIpc) is 2.73. The van der Waals surface area contributed by atoms with Crippen LogP contribution in [0.15, 0.2) is 24.3 Å². The van der Waals surface area contributed by atoms with E-state index in [-0.39, 0.29) is 18.1 Å². The molecule has 1 aliphatic heterocycles. The number of hydrogen-bond donors (Lipinski definition) is 1. The third-order valence-electron chi connectivity index (χ3n) is 3.77. The number of carbonyl (C=O) groups excluding carboxylic acids is 1. The van der Waals surface area contributed by atoms with E-state index in [1.165, 1.54) is 11.1 Å². The number of nitrogens with zero attached hydrogens (tertiary/aromatic N) is 1. The molecule has 104 valence electrons. The summed E-state index contributed by atoms with van der Waals surface area (Å²) in [6.45, 7) is 7.16. The van der Waals surface area contributed by atoms with E-state index >= 15 is 0 Å². The number of aryl methyl sites for hydroxylation is 1. The highest BCUT2D eigenvalue weighted by atomic mass is 16.2. The second-order valence-electron chi connectivity index (χ2n) is 5.33. The molecule has 1 fully saturated rings. The van der Waals surface area contributed by atoms with E-state index in [9.17, 15) is 4.79 Å². The van der Waals surface area contributed by atoms with E-state index in [0.29, 0.717) is 0 Å². The van der Waals surface area contributed by atoms with Crippen molar-refractivity contribution >= 4 is 5.91 Å². The van der Waals surface area contributed by atoms with Crippen LogP contribution in [-0.2, 0) is 4.79 Å². The fraction of sp³-hybridized carbons (Fsp3) is 0.562. The van der Waals surface area contributed by atoms with Crippen molar-refractivity contribution in [3.05, 3.63) is 35.4 Å². The molecule has 3 heteroatoms. The molecule has 1 N–H and O–H groups in total. The van der Waals surface area contributed by atoms with E-state index in [0.717, 1.165) is 25.8 Å². The second kappa shape index (κ2) is 6.20. The Morgan fingerprint density at radius 3 is 2.74 bits per heavy atom. The maximum atomic E-state index is 12.4. The molecule has 0 bridgehead atoms. The fourth-order valence-corrected chi connectivity index (χ4v) is 2.66. The van der Waals surface area contributed by atoms with Gasteiger partial charge in [0.15, 0.2) is 0 Å². The molecule has 3 nitrogen and oxygen atoms in total. The van der Waals surface area contributed by atoms with Crippen LogP contribution in [0.2, 0.25) is 0 Å². The average molecular weight is 260 g/mol. The van der Waals surface area contributed by atoms with Crippen molar-refractivity contribution in [1.29, 1.82) is 0 Å². The molecular weight excluding hydrogens is 236 g/mol. The Morgan fingerprint density at radius 2 is 2.11 bits per heavy atom. The molecule has 0 radical (unpaired) electrons. The molecule has 0 aliphatic carbocycles. The molecule has 19 heavy (non-hydrogen) atoms. The number of unbranched alkanes of at least 4 members (excludes halogenated alkanes) is 1. The Morgan fingerprint density at radius 1 is 1.32 bits per heavy atom. The van der Waals surface area contributed by atoms with Crippen molar-refractivity contribution in [2.24, 2.45) is 0 Å². The fourth-order valence-electron chi connectivity index (χ4n) is 2.66. The van der Waals surface area contributed by atoms with E-state index in [1.54, 1.807) is 0 Å². The molecule has 0 spiro atoms. The minimum Gasteiger partial charge on any atom is -0.322 e. The van der Waals surface area contributed by atoms with Crippen LogP contribution in [0, 0.1) is 6.92 Å². The van der Waals surface area contributed by atoms with Gasteiger partial charge in [-0.25, -0.2) is 0 Å². The van der Waals surface area contributed by atoms with Crippen LogP contribution in [0.4, 0.5) is 0 Å². The maximum absolute atomic E-state index is 12.4. The highest BCUT2D eigenvalue weighted by Crippen LogP contribution is 2.27. The molecular formula is C16H24N2O. The lowest BCUT2D eigenvalue weighted by atomic mass is 10.1. The van der Waals surface area contributed by atoms with Crippen molar-refractivity contribution in [2.45, 2.75) is 52.2 Å². The van der Waals surface area contributed by atoms with Gasteiger partial charge in [-0.05, 0) is 25.3 Å². The smallest absolute Gasteiger partial charge is 0.241 e. The lowest BCUT2D eigenvalue weighted by Gasteiger charge is -2.24. The van der Waals surface area contributed by atoms with Gasteiger partial charge in [0.25, 0.3) is 0 Å². The number of amides is 1. The van der Waals surface area contributed by atoms with Crippen molar-refractivity contribution < 1.29 is 4.79 Å². The van der Waals surface area contributed by atoms with E-state index in [4.69, 9.17) is 0 Å². The SMILES string of the molecule is CCCCN1C(=O)C(CC)NC1c1cccc(C)c1. The summed E-state index contributed by atoms with van der Waals surface area (Å²) < 4.78 is 0. The summed E-state index contributed by atoms with van der Waals surface area (Å²) >= 11 is 0. The molecule has 2 atom stereocenters. The number of rotatable bonds is 5. The van der Waals surface area contributed by atoms with Crippen molar-refractivity contribution in [2.75, 3.05) is 6.54 Å². The second-order valence-corrected chi connectivity index (χ2v) is 5.33. The van der Waals surface area contributed by atoms with E-state index in [1.807, 2.05) is 4.90 Å². The normalized spacial score (nSPS) is 23.1. The summed E-state index contributed by atoms with van der Waals surface area (Å²) in [5.74, 6) is 0.252. The first-order valence-electron chi connectivity index (χ1n) is 7.30. The van der Waals surface area contributed by atoms with Gasteiger partial charge in [0.05, 0.1) is 6.04 Å². The predicted octanol–water partition coefficient (Wildman–Crippen LogP) is 3.00. The number of carbonyl (C=O) groups is 1. The molecule has 2 rings (SSSR count). The maximum Gasteiger partial charge on any atom is 0.241 e. The number of hydrogen-bond acceptors (Lipinski definition) is 2. The van der Waals surface area contributed by atoms with Gasteiger partial charge in [-0.1, -0.05) is 50.1 Å². The third kappa shape index (κ3) is 2.98. The summed E-state index contributed by atoms with van der Waals surface area (Å²) in [5.41, 5.74) is 2.43. The number of nitrogens with one attached hydrogen (secondary N) is 1. The first-order chi connectivity index (χ1) is 9.17. The molecule has 1 heterocycles. The van der Waals surface area contributed by atoms with Crippen molar-refractivity contribution in [3.63, 3.8) is 0 Å². The molecule has 1 saturated heterocycles. The third-order valence-corrected chi connectivity index (χ3v) is 3.77. The van der Waals surface area contributed by atoms with Crippen LogP contribution in [0.3, 0.4) is 0 Å². The summed E-state index contributed by atoms with van der Waals surface area (Å²) in [4.78, 5) is 14.4.